The number of rotatable bonds is 8. The number of hydrogen-bond acceptors (Lipinski definition) is 8. The summed E-state index contributed by atoms with van der Waals surface area (Å²) in [5.74, 6) is 0.0931. The third-order valence-corrected chi connectivity index (χ3v) is 6.13. The van der Waals surface area contributed by atoms with E-state index in [1.54, 1.807) is 24.1 Å². The fourth-order valence-electron chi connectivity index (χ4n) is 3.76. The molecule has 8 nitrogen and oxygen atoms in total. The first-order valence-corrected chi connectivity index (χ1v) is 11.1. The number of methoxy groups -OCH3 is 3. The number of carbonyl (C=O) groups is 2. The van der Waals surface area contributed by atoms with Crippen LogP contribution >= 0.6 is 11.3 Å². The van der Waals surface area contributed by atoms with E-state index in [9.17, 15) is 9.59 Å². The van der Waals surface area contributed by atoms with Crippen LogP contribution in [0.4, 0.5) is 5.13 Å². The van der Waals surface area contributed by atoms with Crippen molar-refractivity contribution in [3.63, 3.8) is 0 Å². The second-order valence-electron chi connectivity index (χ2n) is 7.27. The highest BCUT2D eigenvalue weighted by Gasteiger charge is 2.33. The summed E-state index contributed by atoms with van der Waals surface area (Å²) < 4.78 is 21.4. The van der Waals surface area contributed by atoms with E-state index in [0.29, 0.717) is 16.6 Å². The number of carbonyl (C=O) groups excluding carboxylic acids is 2. The molecule has 1 saturated carbocycles. The number of aromatic nitrogens is 1. The van der Waals surface area contributed by atoms with E-state index >= 15 is 0 Å². The van der Waals surface area contributed by atoms with Crippen LogP contribution in [0.1, 0.15) is 49.4 Å². The van der Waals surface area contributed by atoms with Gasteiger partial charge < -0.3 is 18.9 Å². The van der Waals surface area contributed by atoms with Gasteiger partial charge in [-0.05, 0) is 19.8 Å². The van der Waals surface area contributed by atoms with Crippen molar-refractivity contribution in [2.24, 2.45) is 0 Å². The van der Waals surface area contributed by atoms with Gasteiger partial charge in [-0.3, -0.25) is 9.69 Å². The Labute approximate surface area is 186 Å². The van der Waals surface area contributed by atoms with Crippen molar-refractivity contribution in [3.8, 4) is 17.2 Å². The number of amides is 1. The minimum Gasteiger partial charge on any atom is -0.496 e. The number of esters is 1. The molecule has 3 rings (SSSR count). The maximum absolute atomic E-state index is 13.3. The lowest BCUT2D eigenvalue weighted by Gasteiger charge is -2.33. The van der Waals surface area contributed by atoms with Gasteiger partial charge in [-0.2, -0.15) is 0 Å². The van der Waals surface area contributed by atoms with E-state index in [1.165, 1.54) is 45.2 Å². The van der Waals surface area contributed by atoms with E-state index < -0.39 is 12.1 Å². The molecule has 1 aromatic heterocycles. The van der Waals surface area contributed by atoms with Crippen molar-refractivity contribution in [2.45, 2.75) is 51.2 Å². The number of nitrogens with zero attached hydrogens (tertiary/aromatic N) is 2. The van der Waals surface area contributed by atoms with Gasteiger partial charge in [0, 0.05) is 29.8 Å². The Hall–Kier alpha value is -2.81. The van der Waals surface area contributed by atoms with Crippen LogP contribution in [0.25, 0.3) is 0 Å². The number of anilines is 1. The van der Waals surface area contributed by atoms with Gasteiger partial charge >= 0.3 is 5.97 Å². The van der Waals surface area contributed by atoms with Crippen LogP contribution in [0.3, 0.4) is 0 Å². The molecule has 1 aromatic carbocycles. The zero-order valence-corrected chi connectivity index (χ0v) is 19.1. The monoisotopic (exact) mass is 448 g/mol. The van der Waals surface area contributed by atoms with Crippen LogP contribution in [-0.4, -0.2) is 50.3 Å². The molecule has 1 aliphatic rings. The Bertz CT molecular complexity index is 896. The maximum atomic E-state index is 13.3. The number of thiazole rings is 1. The molecule has 1 amide bonds. The molecule has 0 bridgehead atoms. The van der Waals surface area contributed by atoms with Gasteiger partial charge in [-0.25, -0.2) is 9.78 Å². The Balaban J connectivity index is 1.81. The summed E-state index contributed by atoms with van der Waals surface area (Å²) in [6.45, 7) is 1.58. The molecule has 0 saturated heterocycles. The lowest BCUT2D eigenvalue weighted by atomic mass is 9.94. The fraction of sp³-hybridized carbons (Fsp3) is 0.500. The predicted octanol–water partition coefficient (Wildman–Crippen LogP) is 4.08. The minimum atomic E-state index is -0.990. The normalized spacial score (nSPS) is 15.1. The van der Waals surface area contributed by atoms with E-state index in [0.717, 1.165) is 25.7 Å². The molecule has 0 radical (unpaired) electrons. The molecule has 168 valence electrons. The Morgan fingerprint density at radius 3 is 2.26 bits per heavy atom. The van der Waals surface area contributed by atoms with Crippen LogP contribution in [0.5, 0.6) is 17.2 Å². The summed E-state index contributed by atoms with van der Waals surface area (Å²) in [6, 6.07) is 3.09. The van der Waals surface area contributed by atoms with Crippen molar-refractivity contribution in [1.82, 2.24) is 4.98 Å². The summed E-state index contributed by atoms with van der Waals surface area (Å²) in [5, 5.41) is 2.47. The van der Waals surface area contributed by atoms with Crippen molar-refractivity contribution in [1.29, 1.82) is 0 Å². The third kappa shape index (κ3) is 5.10. The molecular formula is C22H28N2O6S. The summed E-state index contributed by atoms with van der Waals surface area (Å²) in [4.78, 5) is 32.3. The summed E-state index contributed by atoms with van der Waals surface area (Å²) in [5.41, 5.74) is 0.151. The van der Waals surface area contributed by atoms with E-state index in [2.05, 4.69) is 4.98 Å². The zero-order valence-electron chi connectivity index (χ0n) is 18.3. The van der Waals surface area contributed by atoms with Gasteiger partial charge in [-0.1, -0.05) is 19.3 Å². The molecule has 0 aliphatic heterocycles. The topological polar surface area (TPSA) is 87.2 Å². The lowest BCUT2D eigenvalue weighted by Crippen LogP contribution is -2.47. The molecular weight excluding hydrogens is 420 g/mol. The van der Waals surface area contributed by atoms with E-state index in [1.807, 2.05) is 5.38 Å². The van der Waals surface area contributed by atoms with Gasteiger partial charge in [0.2, 0.25) is 0 Å². The van der Waals surface area contributed by atoms with Gasteiger partial charge in [0.15, 0.2) is 22.7 Å². The fourth-order valence-corrected chi connectivity index (χ4v) is 4.48. The smallest absolute Gasteiger partial charge is 0.342 e. The molecule has 1 aliphatic carbocycles. The molecule has 9 heteroatoms. The first-order chi connectivity index (χ1) is 15.0. The van der Waals surface area contributed by atoms with E-state index in [-0.39, 0.29) is 23.3 Å². The Kier molecular flexibility index (Phi) is 7.73. The maximum Gasteiger partial charge on any atom is 0.342 e. The molecule has 2 aromatic rings. The van der Waals surface area contributed by atoms with Crippen molar-refractivity contribution < 1.29 is 28.5 Å². The predicted molar refractivity (Wildman–Crippen MR) is 117 cm³/mol. The van der Waals surface area contributed by atoms with Crippen LogP contribution in [0.15, 0.2) is 23.7 Å². The van der Waals surface area contributed by atoms with Gasteiger partial charge in [0.05, 0.1) is 21.3 Å². The second kappa shape index (κ2) is 10.5. The minimum absolute atomic E-state index is 0.0594. The molecule has 1 heterocycles. The molecule has 1 atom stereocenters. The van der Waals surface area contributed by atoms with Gasteiger partial charge in [-0.15, -0.1) is 11.3 Å². The standard InChI is InChI=1S/C22H28N2O6S/c1-14(20(25)24(22-23-10-11-31-22)15-8-6-5-7-9-15)30-21(26)16-12-18(28-3)19(29-4)13-17(16)27-2/h10-15H,5-9H2,1-4H3. The lowest BCUT2D eigenvalue weighted by molar-refractivity contribution is -0.127. The summed E-state index contributed by atoms with van der Waals surface area (Å²) in [7, 11) is 4.41. The van der Waals surface area contributed by atoms with Crippen LogP contribution in [-0.2, 0) is 9.53 Å². The Morgan fingerprint density at radius 2 is 1.68 bits per heavy atom. The summed E-state index contributed by atoms with van der Waals surface area (Å²) >= 11 is 1.40. The first-order valence-electron chi connectivity index (χ1n) is 10.2. The first kappa shape index (κ1) is 22.9. The van der Waals surface area contributed by atoms with Gasteiger partial charge in [0.1, 0.15) is 11.3 Å². The van der Waals surface area contributed by atoms with Crippen LogP contribution < -0.4 is 19.1 Å². The molecule has 0 spiro atoms. The second-order valence-corrected chi connectivity index (χ2v) is 8.14. The molecule has 1 unspecified atom stereocenters. The molecule has 31 heavy (non-hydrogen) atoms. The zero-order chi connectivity index (χ0) is 22.4. The summed E-state index contributed by atoms with van der Waals surface area (Å²) in [6.07, 6.45) is 5.81. The highest BCUT2D eigenvalue weighted by molar-refractivity contribution is 7.13. The number of benzene rings is 1. The average molecular weight is 449 g/mol. The van der Waals surface area contributed by atoms with Crippen LogP contribution in [0, 0.1) is 0 Å². The molecule has 1 fully saturated rings. The number of ether oxygens (including phenoxy) is 4. The van der Waals surface area contributed by atoms with Crippen molar-refractivity contribution in [3.05, 3.63) is 29.3 Å². The largest absolute Gasteiger partial charge is 0.496 e. The van der Waals surface area contributed by atoms with Gasteiger partial charge in [0.25, 0.3) is 5.91 Å². The highest BCUT2D eigenvalue weighted by atomic mass is 32.1. The quantitative estimate of drug-likeness (QED) is 0.562. The highest BCUT2D eigenvalue weighted by Crippen LogP contribution is 2.35. The van der Waals surface area contributed by atoms with Crippen molar-refractivity contribution in [2.75, 3.05) is 26.2 Å². The average Bonchev–Trinajstić information content (AvgIpc) is 3.33. The van der Waals surface area contributed by atoms with Crippen molar-refractivity contribution >= 4 is 28.3 Å². The molecule has 0 N–H and O–H groups in total. The number of hydrogen-bond donors (Lipinski definition) is 0. The third-order valence-electron chi connectivity index (χ3n) is 5.36. The SMILES string of the molecule is COc1cc(OC)c(C(=O)OC(C)C(=O)N(c2nccs2)C2CCCCC2)cc1OC. The van der Waals surface area contributed by atoms with E-state index in [4.69, 9.17) is 18.9 Å². The Morgan fingerprint density at radius 1 is 1.03 bits per heavy atom. The van der Waals surface area contributed by atoms with Crippen LogP contribution in [0.2, 0.25) is 0 Å².